The first-order valence-corrected chi connectivity index (χ1v) is 13.5. The van der Waals surface area contributed by atoms with E-state index in [1.165, 1.54) is 13.0 Å². The van der Waals surface area contributed by atoms with Crippen molar-refractivity contribution in [2.45, 2.75) is 71.7 Å². The van der Waals surface area contributed by atoms with Crippen LogP contribution in [0.4, 0.5) is 10.5 Å². The lowest BCUT2D eigenvalue weighted by atomic mass is 9.97. The van der Waals surface area contributed by atoms with E-state index in [4.69, 9.17) is 38.9 Å². The number of aryl methyl sites for hydroxylation is 1. The summed E-state index contributed by atoms with van der Waals surface area (Å²) in [4.78, 5) is 60.0. The van der Waals surface area contributed by atoms with Gasteiger partial charge in [-0.25, -0.2) is 4.79 Å². The van der Waals surface area contributed by atoms with Crippen LogP contribution in [0.5, 0.6) is 11.5 Å². The summed E-state index contributed by atoms with van der Waals surface area (Å²) >= 11 is 0. The summed E-state index contributed by atoms with van der Waals surface area (Å²) in [5.74, 6) is -2.79. The number of methoxy groups -OCH3 is 1. The van der Waals surface area contributed by atoms with Crippen molar-refractivity contribution in [3.05, 3.63) is 53.1 Å². The van der Waals surface area contributed by atoms with Gasteiger partial charge >= 0.3 is 30.0 Å². The van der Waals surface area contributed by atoms with Gasteiger partial charge in [0.1, 0.15) is 24.2 Å². The van der Waals surface area contributed by atoms with Crippen LogP contribution in [0.25, 0.3) is 0 Å². The first kappa shape index (κ1) is 33.6. The fraction of sp³-hybridized carbons (Fsp3) is 0.433. The van der Waals surface area contributed by atoms with Gasteiger partial charge in [0.2, 0.25) is 12.4 Å². The smallest absolute Gasteiger partial charge is 0.463 e. The highest BCUT2D eigenvalue weighted by Gasteiger charge is 2.53. The molecule has 5 atom stereocenters. The molecule has 238 valence electrons. The monoisotopic (exact) mass is 617 g/mol. The maximum Gasteiger partial charge on any atom is 0.513 e. The molecule has 14 nitrogen and oxygen atoms in total. The van der Waals surface area contributed by atoms with Crippen molar-refractivity contribution in [3.63, 3.8) is 0 Å². The Morgan fingerprint density at radius 3 is 1.98 bits per heavy atom. The number of benzene rings is 2. The van der Waals surface area contributed by atoms with Crippen LogP contribution in [-0.4, -0.2) is 74.5 Å². The minimum atomic E-state index is -1.51. The number of carbonyl (C=O) groups excluding carboxylic acids is 5. The van der Waals surface area contributed by atoms with E-state index in [1.54, 1.807) is 25.1 Å². The van der Waals surface area contributed by atoms with E-state index in [0.29, 0.717) is 23.2 Å². The molecule has 1 fully saturated rings. The average molecular weight is 618 g/mol. The topological polar surface area (TPSA) is 185 Å². The molecule has 2 aromatic rings. The van der Waals surface area contributed by atoms with Crippen molar-refractivity contribution in [1.82, 2.24) is 0 Å². The second-order valence-corrected chi connectivity index (χ2v) is 9.88. The number of nitrogen functional groups attached to an aromatic ring is 1. The highest BCUT2D eigenvalue weighted by atomic mass is 16.7. The number of esters is 4. The zero-order chi connectivity index (χ0) is 32.6. The normalized spacial score (nSPS) is 20.9. The third-order valence-electron chi connectivity index (χ3n) is 6.33. The van der Waals surface area contributed by atoms with Crippen LogP contribution in [0.15, 0.2) is 36.4 Å². The van der Waals surface area contributed by atoms with Crippen molar-refractivity contribution < 1.29 is 61.9 Å². The molecule has 0 radical (unpaired) electrons. The first-order valence-electron chi connectivity index (χ1n) is 13.5. The molecule has 1 aliphatic rings. The molecule has 1 aliphatic heterocycles. The Morgan fingerprint density at radius 1 is 0.818 bits per heavy atom. The van der Waals surface area contributed by atoms with E-state index in [0.717, 1.165) is 33.4 Å². The van der Waals surface area contributed by atoms with Crippen LogP contribution < -0.4 is 15.2 Å². The zero-order valence-corrected chi connectivity index (χ0v) is 25.1. The summed E-state index contributed by atoms with van der Waals surface area (Å²) in [6.07, 6.45) is -7.64. The lowest BCUT2D eigenvalue weighted by Crippen LogP contribution is -2.63. The number of anilines is 1. The van der Waals surface area contributed by atoms with Crippen molar-refractivity contribution >= 4 is 35.7 Å². The molecule has 44 heavy (non-hydrogen) atoms. The average Bonchev–Trinajstić information content (AvgIpc) is 2.93. The van der Waals surface area contributed by atoms with Gasteiger partial charge in [0, 0.05) is 51.4 Å². The van der Waals surface area contributed by atoms with E-state index in [2.05, 4.69) is 4.74 Å². The standard InChI is InChI=1S/C30H35NO13/c1-15-11-22(42-30(36)37-6)13-24(23(15)12-20-7-9-21(31)10-8-20)43-29-28(41-19(5)35)27(40-18(4)34)26(39-17(3)33)25(44-29)14-38-16(2)32/h7-11,13,25-29H,12,14,31H2,1-6H3/t25-,26-,27+,28-,29+/m1/s1. The Labute approximate surface area is 253 Å². The second kappa shape index (κ2) is 15.0. The predicted octanol–water partition coefficient (Wildman–Crippen LogP) is 2.78. The molecule has 0 amide bonds. The molecule has 0 aliphatic carbocycles. The Bertz CT molecular complexity index is 1370. The molecule has 0 aromatic heterocycles. The van der Waals surface area contributed by atoms with Crippen molar-refractivity contribution in [3.8, 4) is 11.5 Å². The summed E-state index contributed by atoms with van der Waals surface area (Å²) < 4.78 is 43.8. The third-order valence-corrected chi connectivity index (χ3v) is 6.33. The van der Waals surface area contributed by atoms with Crippen LogP contribution in [0.2, 0.25) is 0 Å². The number of carbonyl (C=O) groups is 5. The molecule has 2 aromatic carbocycles. The highest BCUT2D eigenvalue weighted by Crippen LogP contribution is 2.36. The second-order valence-electron chi connectivity index (χ2n) is 9.88. The van der Waals surface area contributed by atoms with Crippen LogP contribution in [0, 0.1) is 6.92 Å². The zero-order valence-electron chi connectivity index (χ0n) is 25.1. The maximum absolute atomic E-state index is 12.2. The van der Waals surface area contributed by atoms with Crippen molar-refractivity contribution in [1.29, 1.82) is 0 Å². The number of hydrogen-bond acceptors (Lipinski definition) is 14. The highest BCUT2D eigenvalue weighted by molar-refractivity contribution is 5.69. The van der Waals surface area contributed by atoms with Gasteiger partial charge in [0.15, 0.2) is 12.2 Å². The SMILES string of the molecule is COC(=O)Oc1cc(C)c(Cc2ccc(N)cc2)c(O[C@H]2O[C@H](COC(C)=O)[C@@H](OC(C)=O)[C@H](OC(C)=O)[C@H]2OC(C)=O)c1. The number of rotatable bonds is 10. The van der Waals surface area contributed by atoms with Crippen LogP contribution in [0.3, 0.4) is 0 Å². The van der Waals surface area contributed by atoms with Crippen molar-refractivity contribution in [2.75, 3.05) is 19.5 Å². The molecule has 2 N–H and O–H groups in total. The van der Waals surface area contributed by atoms with Gasteiger partial charge in [-0.3, -0.25) is 19.2 Å². The minimum Gasteiger partial charge on any atom is -0.463 e. The fourth-order valence-electron chi connectivity index (χ4n) is 4.53. The molecule has 0 spiro atoms. The largest absolute Gasteiger partial charge is 0.513 e. The van der Waals surface area contributed by atoms with Gasteiger partial charge in [-0.15, -0.1) is 0 Å². The molecule has 0 saturated carbocycles. The molecule has 0 unspecified atom stereocenters. The lowest BCUT2D eigenvalue weighted by Gasteiger charge is -2.44. The molecule has 3 rings (SSSR count). The number of ether oxygens (including phenoxy) is 8. The van der Waals surface area contributed by atoms with Gasteiger partial charge in [-0.2, -0.15) is 0 Å². The summed E-state index contributed by atoms with van der Waals surface area (Å²) in [6.45, 7) is 5.86. The number of hydrogen-bond donors (Lipinski definition) is 1. The van der Waals surface area contributed by atoms with Gasteiger partial charge in [0.25, 0.3) is 0 Å². The molecule has 1 heterocycles. The molecular formula is C30H35NO13. The maximum atomic E-state index is 12.2. The third kappa shape index (κ3) is 9.33. The Balaban J connectivity index is 2.13. The lowest BCUT2D eigenvalue weighted by molar-refractivity contribution is -0.288. The number of nitrogens with two attached hydrogens (primary N) is 1. The summed E-state index contributed by atoms with van der Waals surface area (Å²) in [6, 6.07) is 10.1. The minimum absolute atomic E-state index is 0.0658. The van der Waals surface area contributed by atoms with Gasteiger partial charge in [-0.05, 0) is 36.2 Å². The van der Waals surface area contributed by atoms with Crippen LogP contribution in [0.1, 0.15) is 44.4 Å². The molecule has 14 heteroatoms. The fourth-order valence-corrected chi connectivity index (χ4v) is 4.53. The quantitative estimate of drug-likeness (QED) is 0.177. The van der Waals surface area contributed by atoms with Crippen molar-refractivity contribution in [2.24, 2.45) is 0 Å². The van der Waals surface area contributed by atoms with Crippen LogP contribution in [-0.2, 0) is 54.0 Å². The van der Waals surface area contributed by atoms with E-state index < -0.39 is 67.3 Å². The predicted molar refractivity (Wildman–Crippen MR) is 150 cm³/mol. The Hall–Kier alpha value is -4.85. The molecular weight excluding hydrogens is 582 g/mol. The van der Waals surface area contributed by atoms with E-state index in [-0.39, 0.29) is 11.5 Å². The van der Waals surface area contributed by atoms with E-state index >= 15 is 0 Å². The van der Waals surface area contributed by atoms with Gasteiger partial charge in [0.05, 0.1) is 7.11 Å². The van der Waals surface area contributed by atoms with E-state index in [9.17, 15) is 24.0 Å². The summed E-state index contributed by atoms with van der Waals surface area (Å²) in [5, 5.41) is 0. The van der Waals surface area contributed by atoms with E-state index in [1.807, 2.05) is 12.1 Å². The summed E-state index contributed by atoms with van der Waals surface area (Å²) in [7, 11) is 1.15. The Kier molecular flexibility index (Phi) is 11.5. The summed E-state index contributed by atoms with van der Waals surface area (Å²) in [5.41, 5.74) is 8.54. The van der Waals surface area contributed by atoms with Gasteiger partial charge in [-0.1, -0.05) is 12.1 Å². The van der Waals surface area contributed by atoms with Gasteiger partial charge < -0.3 is 43.6 Å². The first-order chi connectivity index (χ1) is 20.8. The molecule has 0 bridgehead atoms. The van der Waals surface area contributed by atoms with Crippen LogP contribution >= 0.6 is 0 Å². The Morgan fingerprint density at radius 2 is 1.41 bits per heavy atom. The molecule has 1 saturated heterocycles.